The van der Waals surface area contributed by atoms with Gasteiger partial charge in [-0.05, 0) is 24.3 Å². The highest BCUT2D eigenvalue weighted by Gasteiger charge is 2.27. The second kappa shape index (κ2) is 6.24. The lowest BCUT2D eigenvalue weighted by atomic mass is 10.2. The van der Waals surface area contributed by atoms with E-state index >= 15 is 0 Å². The number of nitrogens with zero attached hydrogens (tertiary/aromatic N) is 1. The quantitative estimate of drug-likeness (QED) is 0.682. The Kier molecular flexibility index (Phi) is 4.34. The monoisotopic (exact) mass is 393 g/mol. The number of nitrogens with two attached hydrogens (primary N) is 1. The van der Waals surface area contributed by atoms with Crippen LogP contribution < -0.4 is 9.86 Å². The molecule has 0 aliphatic heterocycles. The van der Waals surface area contributed by atoms with Crippen LogP contribution in [0.4, 0.5) is 0 Å². The van der Waals surface area contributed by atoms with Crippen LogP contribution in [0.2, 0.25) is 0 Å². The van der Waals surface area contributed by atoms with Crippen LogP contribution in [0, 0.1) is 0 Å². The summed E-state index contributed by atoms with van der Waals surface area (Å²) in [7, 11) is -7.10. The molecule has 3 aromatic rings. The van der Waals surface area contributed by atoms with Crippen molar-refractivity contribution in [2.45, 2.75) is 9.79 Å². The Bertz CT molecular complexity index is 1230. The number of fused-ring (bicyclic) bond motifs is 1. The number of primary sulfonamides is 1. The third kappa shape index (κ3) is 3.21. The molecule has 1 amide bonds. The highest BCUT2D eigenvalue weighted by atomic mass is 32.2. The van der Waals surface area contributed by atoms with Gasteiger partial charge in [0.1, 0.15) is 15.5 Å². The van der Waals surface area contributed by atoms with E-state index in [0.717, 1.165) is 23.0 Å². The highest BCUT2D eigenvalue weighted by Crippen LogP contribution is 2.21. The van der Waals surface area contributed by atoms with Gasteiger partial charge < -0.3 is 4.57 Å². The maximum Gasteiger partial charge on any atom is 0.281 e. The van der Waals surface area contributed by atoms with Crippen molar-refractivity contribution in [2.75, 3.05) is 0 Å². The number of carbonyl (C=O) groups is 1. The summed E-state index contributed by atoms with van der Waals surface area (Å²) in [5.74, 6) is -0.882. The van der Waals surface area contributed by atoms with E-state index in [1.165, 1.54) is 12.1 Å². The molecule has 0 radical (unpaired) electrons. The Morgan fingerprint density at radius 3 is 2.15 bits per heavy atom. The van der Waals surface area contributed by atoms with Crippen LogP contribution in [0.25, 0.3) is 10.9 Å². The molecule has 26 heavy (non-hydrogen) atoms. The number of hydrogen-bond acceptors (Lipinski definition) is 5. The van der Waals surface area contributed by atoms with Gasteiger partial charge in [-0.1, -0.05) is 30.3 Å². The molecule has 0 fully saturated rings. The van der Waals surface area contributed by atoms with Gasteiger partial charge in [0.15, 0.2) is 0 Å². The first-order valence-electron chi connectivity index (χ1n) is 7.35. The molecule has 136 valence electrons. The third-order valence-electron chi connectivity index (χ3n) is 3.86. The molecule has 10 heteroatoms. The number of para-hydroxylation sites is 1. The molecule has 0 bridgehead atoms. The lowest BCUT2D eigenvalue weighted by Gasteiger charge is -2.10. The summed E-state index contributed by atoms with van der Waals surface area (Å²) in [5, 5.41) is 5.83. The Hall–Kier alpha value is -2.69. The molecule has 0 unspecified atom stereocenters. The molecule has 8 nitrogen and oxygen atoms in total. The zero-order chi connectivity index (χ0) is 19.1. The van der Waals surface area contributed by atoms with Crippen molar-refractivity contribution in [3.05, 3.63) is 60.3 Å². The van der Waals surface area contributed by atoms with Crippen LogP contribution in [0.15, 0.2) is 64.4 Å². The zero-order valence-electron chi connectivity index (χ0n) is 13.6. The summed E-state index contributed by atoms with van der Waals surface area (Å²) in [4.78, 5) is 11.3. The average Bonchev–Trinajstić information content (AvgIpc) is 2.91. The van der Waals surface area contributed by atoms with Crippen LogP contribution in [0.3, 0.4) is 0 Å². The SMILES string of the molecule is Cn1c(C(=O)NS(=O)(=O)c2ccccc2S(N)(=O)=O)cc2ccccc21. The second-order valence-electron chi connectivity index (χ2n) is 5.57. The normalized spacial score (nSPS) is 12.2. The fourth-order valence-corrected chi connectivity index (χ4v) is 4.99. The Morgan fingerprint density at radius 1 is 0.962 bits per heavy atom. The number of rotatable bonds is 4. The van der Waals surface area contributed by atoms with Crippen molar-refractivity contribution < 1.29 is 21.6 Å². The smallest absolute Gasteiger partial charge is 0.281 e. The molecule has 0 aliphatic carbocycles. The van der Waals surface area contributed by atoms with Crippen LogP contribution in [0.1, 0.15) is 10.5 Å². The largest absolute Gasteiger partial charge is 0.340 e. The minimum absolute atomic E-state index is 0.114. The van der Waals surface area contributed by atoms with E-state index in [0.29, 0.717) is 0 Å². The number of hydrogen-bond donors (Lipinski definition) is 2. The number of sulfonamides is 2. The Morgan fingerprint density at radius 2 is 1.54 bits per heavy atom. The van der Waals surface area contributed by atoms with Gasteiger partial charge in [-0.15, -0.1) is 0 Å². The topological polar surface area (TPSA) is 128 Å². The minimum Gasteiger partial charge on any atom is -0.340 e. The molecule has 0 saturated heterocycles. The molecular weight excluding hydrogens is 378 g/mol. The fourth-order valence-electron chi connectivity index (χ4n) is 2.64. The molecule has 3 N–H and O–H groups in total. The predicted octanol–water partition coefficient (Wildman–Crippen LogP) is 0.944. The Balaban J connectivity index is 2.03. The molecule has 1 heterocycles. The maximum absolute atomic E-state index is 12.5. The maximum atomic E-state index is 12.5. The van der Waals surface area contributed by atoms with Gasteiger partial charge in [-0.3, -0.25) is 4.79 Å². The number of benzene rings is 2. The van der Waals surface area contributed by atoms with E-state index in [1.807, 2.05) is 4.72 Å². The van der Waals surface area contributed by atoms with Gasteiger partial charge in [0, 0.05) is 18.0 Å². The molecule has 2 aromatic carbocycles. The first kappa shape index (κ1) is 18.1. The van der Waals surface area contributed by atoms with E-state index in [1.54, 1.807) is 41.9 Å². The number of aryl methyl sites for hydroxylation is 1. The number of aromatic nitrogens is 1. The lowest BCUT2D eigenvalue weighted by Crippen LogP contribution is -2.33. The number of carbonyl (C=O) groups excluding carboxylic acids is 1. The third-order valence-corrected chi connectivity index (χ3v) is 6.34. The summed E-state index contributed by atoms with van der Waals surface area (Å²) in [6, 6.07) is 13.5. The van der Waals surface area contributed by atoms with Crippen molar-refractivity contribution in [1.29, 1.82) is 0 Å². The van der Waals surface area contributed by atoms with Gasteiger partial charge in [0.2, 0.25) is 10.0 Å². The van der Waals surface area contributed by atoms with Gasteiger partial charge in [0.05, 0.1) is 0 Å². The summed E-state index contributed by atoms with van der Waals surface area (Å²) in [6.45, 7) is 0. The molecule has 0 aliphatic rings. The van der Waals surface area contributed by atoms with Crippen molar-refractivity contribution in [2.24, 2.45) is 12.2 Å². The second-order valence-corrected chi connectivity index (χ2v) is 8.75. The average molecular weight is 393 g/mol. The van der Waals surface area contributed by atoms with E-state index in [2.05, 4.69) is 0 Å². The van der Waals surface area contributed by atoms with Gasteiger partial charge in [0.25, 0.3) is 15.9 Å². The molecule has 0 saturated carbocycles. The number of nitrogens with one attached hydrogen (secondary N) is 1. The Labute approximate surface area is 150 Å². The van der Waals surface area contributed by atoms with Crippen LogP contribution >= 0.6 is 0 Å². The van der Waals surface area contributed by atoms with Crippen LogP contribution in [-0.2, 0) is 27.1 Å². The zero-order valence-corrected chi connectivity index (χ0v) is 15.2. The van der Waals surface area contributed by atoms with Crippen molar-refractivity contribution in [3.8, 4) is 0 Å². The number of amides is 1. The molecule has 0 spiro atoms. The summed E-state index contributed by atoms with van der Waals surface area (Å²) in [5.41, 5.74) is 0.864. The van der Waals surface area contributed by atoms with Crippen molar-refractivity contribution >= 4 is 36.9 Å². The van der Waals surface area contributed by atoms with Gasteiger partial charge >= 0.3 is 0 Å². The first-order valence-corrected chi connectivity index (χ1v) is 10.4. The molecule has 1 aromatic heterocycles. The molecular formula is C16H15N3O5S2. The van der Waals surface area contributed by atoms with Gasteiger partial charge in [-0.2, -0.15) is 0 Å². The first-order chi connectivity index (χ1) is 12.1. The summed E-state index contributed by atoms with van der Waals surface area (Å²) >= 11 is 0. The van der Waals surface area contributed by atoms with Crippen molar-refractivity contribution in [1.82, 2.24) is 9.29 Å². The lowest BCUT2D eigenvalue weighted by molar-refractivity contribution is 0.0974. The summed E-state index contributed by atoms with van der Waals surface area (Å²) < 4.78 is 51.8. The van der Waals surface area contributed by atoms with E-state index < -0.39 is 35.7 Å². The fraction of sp³-hybridized carbons (Fsp3) is 0.0625. The predicted molar refractivity (Wildman–Crippen MR) is 95.4 cm³/mol. The van der Waals surface area contributed by atoms with E-state index in [9.17, 15) is 21.6 Å². The van der Waals surface area contributed by atoms with Gasteiger partial charge in [-0.25, -0.2) is 26.7 Å². The molecule has 0 atom stereocenters. The van der Waals surface area contributed by atoms with Crippen LogP contribution in [-0.4, -0.2) is 27.3 Å². The van der Waals surface area contributed by atoms with Crippen LogP contribution in [0.5, 0.6) is 0 Å². The van der Waals surface area contributed by atoms with Crippen molar-refractivity contribution in [3.63, 3.8) is 0 Å². The highest BCUT2D eigenvalue weighted by molar-refractivity contribution is 7.92. The molecule has 3 rings (SSSR count). The minimum atomic E-state index is -4.45. The standard InChI is InChI=1S/C16H15N3O5S2/c1-19-12-7-3-2-6-11(12)10-13(19)16(20)18-26(23,24)15-9-5-4-8-14(15)25(17,21)22/h2-10H,1H3,(H,18,20)(H2,17,21,22). The van der Waals surface area contributed by atoms with E-state index in [-0.39, 0.29) is 5.69 Å². The summed E-state index contributed by atoms with van der Waals surface area (Å²) in [6.07, 6.45) is 0. The van der Waals surface area contributed by atoms with E-state index in [4.69, 9.17) is 5.14 Å².